The van der Waals surface area contributed by atoms with Gasteiger partial charge in [0.2, 0.25) is 0 Å². The van der Waals surface area contributed by atoms with Crippen LogP contribution in [0.4, 0.5) is 0 Å². The highest BCUT2D eigenvalue weighted by Gasteiger charge is 2.29. The van der Waals surface area contributed by atoms with Gasteiger partial charge in [0.05, 0.1) is 0 Å². The molecule has 1 fully saturated rings. The topological polar surface area (TPSA) is 20.2 Å². The molecule has 0 aromatic carbocycles. The van der Waals surface area contributed by atoms with Crippen LogP contribution in [0.25, 0.3) is 0 Å². The van der Waals surface area contributed by atoms with Crippen LogP contribution in [0, 0.1) is 18.3 Å². The maximum Gasteiger partial charge on any atom is 0.125 e. The average Bonchev–Trinajstić information content (AvgIpc) is 1.88. The van der Waals surface area contributed by atoms with Crippen molar-refractivity contribution in [1.82, 2.24) is 0 Å². The van der Waals surface area contributed by atoms with Crippen LogP contribution in [0.2, 0.25) is 0 Å². The first-order valence-corrected chi connectivity index (χ1v) is 3.86. The van der Waals surface area contributed by atoms with Gasteiger partial charge in [-0.25, -0.2) is 0 Å². The molecule has 1 heteroatoms. The highest BCUT2D eigenvalue weighted by Crippen LogP contribution is 2.31. The second kappa shape index (κ2) is 2.64. The third-order valence-corrected chi connectivity index (χ3v) is 2.24. The van der Waals surface area contributed by atoms with E-state index in [-0.39, 0.29) is 0 Å². The molecule has 0 aromatic rings. The molecule has 56 valence electrons. The van der Waals surface area contributed by atoms with Gasteiger partial charge in [-0.3, -0.25) is 0 Å². The van der Waals surface area contributed by atoms with Crippen LogP contribution in [-0.4, -0.2) is 10.7 Å². The van der Waals surface area contributed by atoms with Gasteiger partial charge in [-0.1, -0.05) is 19.3 Å². The average molecular weight is 138 g/mol. The van der Waals surface area contributed by atoms with Crippen molar-refractivity contribution >= 4 is 0 Å². The molecule has 0 heterocycles. The highest BCUT2D eigenvalue weighted by atomic mass is 16.3. The quantitative estimate of drug-likeness (QED) is 0.504. The summed E-state index contributed by atoms with van der Waals surface area (Å²) in [5.41, 5.74) is -0.780. The molecule has 2 unspecified atom stereocenters. The predicted octanol–water partition coefficient (Wildman–Crippen LogP) is 1.56. The Hall–Kier alpha value is -0.480. The van der Waals surface area contributed by atoms with Crippen LogP contribution in [0.1, 0.15) is 32.6 Å². The Morgan fingerprint density at radius 3 is 2.80 bits per heavy atom. The van der Waals surface area contributed by atoms with Crippen molar-refractivity contribution in [1.29, 1.82) is 0 Å². The maximum atomic E-state index is 9.61. The van der Waals surface area contributed by atoms with Gasteiger partial charge in [0.1, 0.15) is 5.60 Å². The number of hydrogen-bond donors (Lipinski definition) is 1. The zero-order chi connectivity index (χ0) is 7.61. The SMILES string of the molecule is C#CC1(O)CCCC(C)C1. The molecule has 0 radical (unpaired) electrons. The zero-order valence-corrected chi connectivity index (χ0v) is 6.43. The van der Waals surface area contributed by atoms with Crippen LogP contribution in [0.15, 0.2) is 0 Å². The summed E-state index contributed by atoms with van der Waals surface area (Å²) in [6.07, 6.45) is 9.05. The Morgan fingerprint density at radius 1 is 1.70 bits per heavy atom. The third kappa shape index (κ3) is 1.52. The summed E-state index contributed by atoms with van der Waals surface area (Å²) in [6, 6.07) is 0. The van der Waals surface area contributed by atoms with E-state index in [2.05, 4.69) is 12.8 Å². The lowest BCUT2D eigenvalue weighted by molar-refractivity contribution is 0.0412. The van der Waals surface area contributed by atoms with E-state index in [4.69, 9.17) is 6.42 Å². The lowest BCUT2D eigenvalue weighted by Crippen LogP contribution is -2.32. The summed E-state index contributed by atoms with van der Waals surface area (Å²) in [7, 11) is 0. The Balaban J connectivity index is 2.56. The molecule has 0 saturated heterocycles. The first kappa shape index (κ1) is 7.63. The molecule has 1 N–H and O–H groups in total. The fourth-order valence-electron chi connectivity index (χ4n) is 1.65. The van der Waals surface area contributed by atoms with Gasteiger partial charge in [0.25, 0.3) is 0 Å². The summed E-state index contributed by atoms with van der Waals surface area (Å²) in [5, 5.41) is 9.61. The van der Waals surface area contributed by atoms with Crippen LogP contribution in [0.3, 0.4) is 0 Å². The minimum Gasteiger partial charge on any atom is -0.378 e. The molecule has 10 heavy (non-hydrogen) atoms. The Labute approximate surface area is 62.4 Å². The second-order valence-corrected chi connectivity index (χ2v) is 3.38. The second-order valence-electron chi connectivity index (χ2n) is 3.38. The monoisotopic (exact) mass is 138 g/mol. The molecule has 0 bridgehead atoms. The van der Waals surface area contributed by atoms with Crippen molar-refractivity contribution in [3.05, 3.63) is 0 Å². The van der Waals surface area contributed by atoms with E-state index < -0.39 is 5.60 Å². The number of terminal acetylenes is 1. The Kier molecular flexibility index (Phi) is 2.01. The van der Waals surface area contributed by atoms with E-state index in [1.165, 1.54) is 6.42 Å². The van der Waals surface area contributed by atoms with Crippen LogP contribution in [0.5, 0.6) is 0 Å². The van der Waals surface area contributed by atoms with Crippen molar-refractivity contribution in [2.45, 2.75) is 38.2 Å². The first-order valence-electron chi connectivity index (χ1n) is 3.86. The van der Waals surface area contributed by atoms with E-state index in [0.29, 0.717) is 5.92 Å². The molecule has 0 spiro atoms. The standard InChI is InChI=1S/C9H14O/c1-3-9(10)6-4-5-8(2)7-9/h1,8,10H,4-7H2,2H3. The van der Waals surface area contributed by atoms with Gasteiger partial charge < -0.3 is 5.11 Å². The van der Waals surface area contributed by atoms with Crippen molar-refractivity contribution < 1.29 is 5.11 Å². The largest absolute Gasteiger partial charge is 0.378 e. The summed E-state index contributed by atoms with van der Waals surface area (Å²) in [6.45, 7) is 2.14. The summed E-state index contributed by atoms with van der Waals surface area (Å²) >= 11 is 0. The molecule has 0 aliphatic heterocycles. The van der Waals surface area contributed by atoms with E-state index >= 15 is 0 Å². The summed E-state index contributed by atoms with van der Waals surface area (Å²) in [4.78, 5) is 0. The van der Waals surface area contributed by atoms with Gasteiger partial charge in [0, 0.05) is 0 Å². The van der Waals surface area contributed by atoms with Gasteiger partial charge in [-0.2, -0.15) is 0 Å². The minimum absolute atomic E-state index is 0.592. The van der Waals surface area contributed by atoms with Crippen molar-refractivity contribution in [3.8, 4) is 12.3 Å². The van der Waals surface area contributed by atoms with Gasteiger partial charge in [-0.05, 0) is 25.2 Å². The number of aliphatic hydroxyl groups is 1. The molecular weight excluding hydrogens is 124 g/mol. The van der Waals surface area contributed by atoms with Gasteiger partial charge in [-0.15, -0.1) is 6.42 Å². The number of hydrogen-bond acceptors (Lipinski definition) is 1. The molecule has 1 saturated carbocycles. The number of rotatable bonds is 0. The van der Waals surface area contributed by atoms with E-state index in [1.54, 1.807) is 0 Å². The molecule has 1 aliphatic rings. The Morgan fingerprint density at radius 2 is 2.40 bits per heavy atom. The van der Waals surface area contributed by atoms with Gasteiger partial charge in [0.15, 0.2) is 0 Å². The summed E-state index contributed by atoms with van der Waals surface area (Å²) in [5.74, 6) is 3.06. The highest BCUT2D eigenvalue weighted by molar-refractivity contribution is 5.08. The van der Waals surface area contributed by atoms with Gasteiger partial charge >= 0.3 is 0 Å². The molecular formula is C9H14O. The first-order chi connectivity index (χ1) is 4.66. The maximum absolute atomic E-state index is 9.61. The van der Waals surface area contributed by atoms with E-state index in [1.807, 2.05) is 0 Å². The fourth-order valence-corrected chi connectivity index (χ4v) is 1.65. The van der Waals surface area contributed by atoms with Crippen LogP contribution < -0.4 is 0 Å². The molecule has 1 rings (SSSR count). The van der Waals surface area contributed by atoms with Crippen molar-refractivity contribution in [3.63, 3.8) is 0 Å². The lowest BCUT2D eigenvalue weighted by atomic mass is 9.79. The van der Waals surface area contributed by atoms with Crippen LogP contribution >= 0.6 is 0 Å². The molecule has 2 atom stereocenters. The van der Waals surface area contributed by atoms with Crippen LogP contribution in [-0.2, 0) is 0 Å². The van der Waals surface area contributed by atoms with Crippen molar-refractivity contribution in [2.75, 3.05) is 0 Å². The fraction of sp³-hybridized carbons (Fsp3) is 0.778. The zero-order valence-electron chi connectivity index (χ0n) is 6.43. The lowest BCUT2D eigenvalue weighted by Gasteiger charge is -2.30. The molecule has 1 nitrogen and oxygen atoms in total. The molecule has 0 aromatic heterocycles. The predicted molar refractivity (Wildman–Crippen MR) is 41.4 cm³/mol. The van der Waals surface area contributed by atoms with E-state index in [9.17, 15) is 5.11 Å². The summed E-state index contributed by atoms with van der Waals surface area (Å²) < 4.78 is 0. The normalized spacial score (nSPS) is 40.7. The van der Waals surface area contributed by atoms with Crippen molar-refractivity contribution in [2.24, 2.45) is 5.92 Å². The van der Waals surface area contributed by atoms with E-state index in [0.717, 1.165) is 19.3 Å². The third-order valence-electron chi connectivity index (χ3n) is 2.24. The minimum atomic E-state index is -0.780. The Bertz CT molecular complexity index is 157. The molecule has 1 aliphatic carbocycles. The molecule has 0 amide bonds. The smallest absolute Gasteiger partial charge is 0.125 e.